The zero-order valence-electron chi connectivity index (χ0n) is 13.0. The molecule has 1 fully saturated rings. The van der Waals surface area contributed by atoms with Crippen LogP contribution in [0.3, 0.4) is 0 Å². The van der Waals surface area contributed by atoms with Gasteiger partial charge in [0.1, 0.15) is 6.10 Å². The smallest absolute Gasteiger partial charge is 0.332 e. The van der Waals surface area contributed by atoms with Crippen LogP contribution < -0.4 is 0 Å². The number of amides is 1. The third kappa shape index (κ3) is 4.37. The number of ether oxygens (including phenoxy) is 1. The molecule has 7 heteroatoms. The Bertz CT molecular complexity index is 606. The maximum absolute atomic E-state index is 12.7. The number of carboxylic acids is 1. The summed E-state index contributed by atoms with van der Waals surface area (Å²) in [6.45, 7) is 4.17. The number of halogens is 2. The highest BCUT2D eigenvalue weighted by Crippen LogP contribution is 2.26. The second kappa shape index (κ2) is 7.51. The Balaban J connectivity index is 2.10. The zero-order valence-corrected chi connectivity index (χ0v) is 14.5. The number of hydrogen-bond donors (Lipinski definition) is 1. The van der Waals surface area contributed by atoms with Gasteiger partial charge in [0.05, 0.1) is 10.0 Å². The van der Waals surface area contributed by atoms with E-state index >= 15 is 0 Å². The predicted molar refractivity (Wildman–Crippen MR) is 87.7 cm³/mol. The summed E-state index contributed by atoms with van der Waals surface area (Å²) in [6, 6.07) is 5.17. The van der Waals surface area contributed by atoms with E-state index in [0.717, 1.165) is 5.56 Å². The molecule has 1 aromatic rings. The Kier molecular flexibility index (Phi) is 5.89. The fraction of sp³-hybridized carbons (Fsp3) is 0.500. The topological polar surface area (TPSA) is 66.8 Å². The Morgan fingerprint density at radius 3 is 2.43 bits per heavy atom. The van der Waals surface area contributed by atoms with E-state index in [1.54, 1.807) is 17.0 Å². The van der Waals surface area contributed by atoms with Crippen LogP contribution in [0.1, 0.15) is 32.3 Å². The number of rotatable bonds is 5. The standard InChI is InChI=1S/C16H19Cl2NO4/c1-9(2)19(8-10-3-4-11(17)12(18)7-10)15(20)13-5-6-14(23-13)16(21)22/h3-4,7,9,13-14H,5-6,8H2,1-2H3,(H,21,22)/t13-,14+/m0/s1. The Morgan fingerprint density at radius 2 is 1.91 bits per heavy atom. The van der Waals surface area contributed by atoms with Crippen LogP contribution in [0.4, 0.5) is 0 Å². The molecule has 5 nitrogen and oxygen atoms in total. The fourth-order valence-electron chi connectivity index (χ4n) is 2.54. The molecule has 1 aliphatic rings. The van der Waals surface area contributed by atoms with E-state index in [1.165, 1.54) is 0 Å². The van der Waals surface area contributed by atoms with Gasteiger partial charge in [-0.15, -0.1) is 0 Å². The third-order valence-corrected chi connectivity index (χ3v) is 4.55. The first-order valence-corrected chi connectivity index (χ1v) is 8.18. The lowest BCUT2D eigenvalue weighted by Gasteiger charge is -2.29. The minimum atomic E-state index is -1.03. The molecule has 1 N–H and O–H groups in total. The highest BCUT2D eigenvalue weighted by Gasteiger charge is 2.37. The number of aliphatic carboxylic acids is 1. The molecule has 0 spiro atoms. The lowest BCUT2D eigenvalue weighted by Crippen LogP contribution is -2.43. The minimum Gasteiger partial charge on any atom is -0.479 e. The van der Waals surface area contributed by atoms with Crippen LogP contribution >= 0.6 is 23.2 Å². The third-order valence-electron chi connectivity index (χ3n) is 3.81. The number of carbonyl (C=O) groups is 2. The summed E-state index contributed by atoms with van der Waals surface area (Å²) < 4.78 is 5.36. The van der Waals surface area contributed by atoms with Crippen molar-refractivity contribution in [3.8, 4) is 0 Å². The van der Waals surface area contributed by atoms with Gasteiger partial charge in [0.25, 0.3) is 5.91 Å². The van der Waals surface area contributed by atoms with Crippen molar-refractivity contribution in [2.75, 3.05) is 0 Å². The SMILES string of the molecule is CC(C)N(Cc1ccc(Cl)c(Cl)c1)C(=O)[C@@H]1CC[C@H](C(=O)O)O1. The molecule has 1 aliphatic heterocycles. The van der Waals surface area contributed by atoms with Crippen molar-refractivity contribution in [2.45, 2.75) is 51.5 Å². The summed E-state index contributed by atoms with van der Waals surface area (Å²) in [5.74, 6) is -1.23. The van der Waals surface area contributed by atoms with Gasteiger partial charge < -0.3 is 14.7 Å². The highest BCUT2D eigenvalue weighted by molar-refractivity contribution is 6.42. The van der Waals surface area contributed by atoms with Crippen LogP contribution in [0.5, 0.6) is 0 Å². The summed E-state index contributed by atoms with van der Waals surface area (Å²) in [7, 11) is 0. The van der Waals surface area contributed by atoms with E-state index in [1.807, 2.05) is 19.9 Å². The average molecular weight is 360 g/mol. The maximum atomic E-state index is 12.7. The van der Waals surface area contributed by atoms with Crippen molar-refractivity contribution < 1.29 is 19.4 Å². The van der Waals surface area contributed by atoms with E-state index in [0.29, 0.717) is 29.4 Å². The van der Waals surface area contributed by atoms with E-state index in [-0.39, 0.29) is 11.9 Å². The van der Waals surface area contributed by atoms with Crippen molar-refractivity contribution >= 4 is 35.1 Å². The van der Waals surface area contributed by atoms with Crippen LogP contribution in [-0.4, -0.2) is 40.1 Å². The van der Waals surface area contributed by atoms with Gasteiger partial charge in [0.2, 0.25) is 0 Å². The van der Waals surface area contributed by atoms with Crippen molar-refractivity contribution in [3.63, 3.8) is 0 Å². The van der Waals surface area contributed by atoms with Gasteiger partial charge in [-0.05, 0) is 44.4 Å². The van der Waals surface area contributed by atoms with E-state index in [9.17, 15) is 9.59 Å². The van der Waals surface area contributed by atoms with Gasteiger partial charge in [-0.2, -0.15) is 0 Å². The van der Waals surface area contributed by atoms with Gasteiger partial charge in [-0.1, -0.05) is 29.3 Å². The molecule has 0 bridgehead atoms. The summed E-state index contributed by atoms with van der Waals surface area (Å²) in [5.41, 5.74) is 0.856. The minimum absolute atomic E-state index is 0.0515. The second-order valence-corrected chi connectivity index (χ2v) is 6.65. The molecule has 2 atom stereocenters. The van der Waals surface area contributed by atoms with Crippen LogP contribution in [-0.2, 0) is 20.9 Å². The maximum Gasteiger partial charge on any atom is 0.332 e. The van der Waals surface area contributed by atoms with Crippen molar-refractivity contribution in [3.05, 3.63) is 33.8 Å². The second-order valence-electron chi connectivity index (χ2n) is 5.84. The fourth-order valence-corrected chi connectivity index (χ4v) is 2.86. The Hall–Kier alpha value is -1.30. The molecule has 0 unspecified atom stereocenters. The first kappa shape index (κ1) is 18.0. The summed E-state index contributed by atoms with van der Waals surface area (Å²) in [4.78, 5) is 25.3. The normalized spacial score (nSPS) is 20.7. The van der Waals surface area contributed by atoms with Crippen LogP contribution in [0, 0.1) is 0 Å². The molecule has 126 valence electrons. The average Bonchev–Trinajstić information content (AvgIpc) is 2.97. The first-order valence-electron chi connectivity index (χ1n) is 7.42. The van der Waals surface area contributed by atoms with Gasteiger partial charge in [-0.25, -0.2) is 4.79 Å². The molecule has 0 aliphatic carbocycles. The largest absolute Gasteiger partial charge is 0.479 e. The molecule has 2 rings (SSSR count). The van der Waals surface area contributed by atoms with E-state index < -0.39 is 18.2 Å². The highest BCUT2D eigenvalue weighted by atomic mass is 35.5. The lowest BCUT2D eigenvalue weighted by molar-refractivity contribution is -0.155. The molecule has 0 aromatic heterocycles. The van der Waals surface area contributed by atoms with Crippen molar-refractivity contribution in [1.82, 2.24) is 4.90 Å². The summed E-state index contributed by atoms with van der Waals surface area (Å²) >= 11 is 11.9. The number of hydrogen-bond acceptors (Lipinski definition) is 3. The molecule has 1 saturated heterocycles. The first-order chi connectivity index (χ1) is 10.8. The van der Waals surface area contributed by atoms with E-state index in [4.69, 9.17) is 33.0 Å². The number of nitrogens with zero attached hydrogens (tertiary/aromatic N) is 1. The number of carboxylic acid groups (broad SMARTS) is 1. The van der Waals surface area contributed by atoms with Crippen LogP contribution in [0.25, 0.3) is 0 Å². The molecule has 1 amide bonds. The molecule has 23 heavy (non-hydrogen) atoms. The zero-order chi connectivity index (χ0) is 17.1. The monoisotopic (exact) mass is 359 g/mol. The summed E-state index contributed by atoms with van der Waals surface area (Å²) in [5, 5.41) is 9.87. The molecular formula is C16H19Cl2NO4. The summed E-state index contributed by atoms with van der Waals surface area (Å²) in [6.07, 6.45) is -0.839. The van der Waals surface area contributed by atoms with Gasteiger partial charge in [0, 0.05) is 12.6 Å². The van der Waals surface area contributed by atoms with Crippen molar-refractivity contribution in [2.24, 2.45) is 0 Å². The van der Waals surface area contributed by atoms with Gasteiger partial charge >= 0.3 is 5.97 Å². The molecule has 1 heterocycles. The Labute approximate surface area is 145 Å². The van der Waals surface area contributed by atoms with Crippen molar-refractivity contribution in [1.29, 1.82) is 0 Å². The molecule has 0 radical (unpaired) electrons. The molecular weight excluding hydrogens is 341 g/mol. The van der Waals surface area contributed by atoms with Crippen LogP contribution in [0.2, 0.25) is 10.0 Å². The molecule has 0 saturated carbocycles. The van der Waals surface area contributed by atoms with Crippen LogP contribution in [0.15, 0.2) is 18.2 Å². The quantitative estimate of drug-likeness (QED) is 0.874. The van der Waals surface area contributed by atoms with Gasteiger partial charge in [-0.3, -0.25) is 4.79 Å². The van der Waals surface area contributed by atoms with Gasteiger partial charge in [0.15, 0.2) is 6.10 Å². The Morgan fingerprint density at radius 1 is 1.26 bits per heavy atom. The predicted octanol–water partition coefficient (Wildman–Crippen LogP) is 3.36. The number of carbonyl (C=O) groups excluding carboxylic acids is 1. The number of benzene rings is 1. The molecule has 1 aromatic carbocycles. The lowest BCUT2D eigenvalue weighted by atomic mass is 10.1. The van der Waals surface area contributed by atoms with E-state index in [2.05, 4.69) is 0 Å².